The van der Waals surface area contributed by atoms with Crippen molar-refractivity contribution in [2.45, 2.75) is 44.4 Å². The van der Waals surface area contributed by atoms with E-state index in [1.807, 2.05) is 71.6 Å². The van der Waals surface area contributed by atoms with Gasteiger partial charge < -0.3 is 20.5 Å². The van der Waals surface area contributed by atoms with Crippen molar-refractivity contribution in [3.8, 4) is 17.2 Å². The number of hydrogen-bond acceptors (Lipinski definition) is 5. The van der Waals surface area contributed by atoms with Gasteiger partial charge in [0.1, 0.15) is 0 Å². The van der Waals surface area contributed by atoms with E-state index in [2.05, 4.69) is 13.0 Å². The standard InChI is InChI=1S/C30H33N3O3/c1-22-8-7-13-33(22)29(35)27-15-24(14-26(16-27)28-12-6-5-11-25(28)18-31)19-36-21-30(32,20-34)17-23-9-3-2-4-10-23/h2-6,9-12,14-16,22,34H,7-8,13,17,19-21,32H2,1H3. The SMILES string of the molecule is CC1CCCN1C(=O)c1cc(COCC(N)(CO)Cc2ccccc2)cc(-c2ccccc2C#N)c1. The van der Waals surface area contributed by atoms with Crippen LogP contribution in [0, 0.1) is 11.3 Å². The zero-order valence-corrected chi connectivity index (χ0v) is 20.7. The van der Waals surface area contributed by atoms with Crippen LogP contribution in [0.2, 0.25) is 0 Å². The molecule has 36 heavy (non-hydrogen) atoms. The third-order valence-electron chi connectivity index (χ3n) is 6.78. The summed E-state index contributed by atoms with van der Waals surface area (Å²) in [5.74, 6) is -0.00912. The predicted molar refractivity (Wildman–Crippen MR) is 140 cm³/mol. The molecule has 2 unspecified atom stereocenters. The summed E-state index contributed by atoms with van der Waals surface area (Å²) in [6.07, 6.45) is 2.48. The first kappa shape index (κ1) is 25.6. The highest BCUT2D eigenvalue weighted by atomic mass is 16.5. The summed E-state index contributed by atoms with van der Waals surface area (Å²) in [7, 11) is 0. The Balaban J connectivity index is 1.58. The summed E-state index contributed by atoms with van der Waals surface area (Å²) in [5, 5.41) is 19.6. The number of likely N-dealkylation sites (tertiary alicyclic amines) is 1. The Bertz CT molecular complexity index is 1240. The van der Waals surface area contributed by atoms with Gasteiger partial charge in [-0.2, -0.15) is 5.26 Å². The lowest BCUT2D eigenvalue weighted by Crippen LogP contribution is -2.50. The highest BCUT2D eigenvalue weighted by Gasteiger charge is 2.27. The Morgan fingerprint density at radius 2 is 1.89 bits per heavy atom. The number of nitrogens with two attached hydrogens (primary N) is 1. The molecule has 1 fully saturated rings. The monoisotopic (exact) mass is 483 g/mol. The van der Waals surface area contributed by atoms with Gasteiger partial charge in [0.25, 0.3) is 5.91 Å². The Hall–Kier alpha value is -3.50. The van der Waals surface area contributed by atoms with Crippen molar-refractivity contribution in [3.63, 3.8) is 0 Å². The summed E-state index contributed by atoms with van der Waals surface area (Å²) >= 11 is 0. The molecule has 4 rings (SSSR count). The lowest BCUT2D eigenvalue weighted by Gasteiger charge is -2.27. The first-order valence-corrected chi connectivity index (χ1v) is 12.4. The smallest absolute Gasteiger partial charge is 0.254 e. The highest BCUT2D eigenvalue weighted by Crippen LogP contribution is 2.28. The second kappa shape index (κ2) is 11.5. The van der Waals surface area contributed by atoms with Crippen molar-refractivity contribution >= 4 is 5.91 Å². The molecular formula is C30H33N3O3. The maximum absolute atomic E-state index is 13.4. The molecule has 1 amide bonds. The van der Waals surface area contributed by atoms with Crippen LogP contribution in [0.15, 0.2) is 72.8 Å². The Labute approximate surface area is 212 Å². The Morgan fingerprint density at radius 1 is 1.14 bits per heavy atom. The first-order chi connectivity index (χ1) is 17.4. The molecule has 6 heteroatoms. The fourth-order valence-corrected chi connectivity index (χ4v) is 4.81. The molecule has 3 aromatic rings. The quantitative estimate of drug-likeness (QED) is 0.473. The number of carbonyl (C=O) groups excluding carboxylic acids is 1. The van der Waals surface area contributed by atoms with Gasteiger partial charge in [0.2, 0.25) is 0 Å². The van der Waals surface area contributed by atoms with Crippen molar-refractivity contribution in [1.82, 2.24) is 4.90 Å². The number of aliphatic hydroxyl groups excluding tert-OH is 1. The van der Waals surface area contributed by atoms with Crippen LogP contribution in [0.4, 0.5) is 0 Å². The van der Waals surface area contributed by atoms with E-state index in [1.54, 1.807) is 6.07 Å². The van der Waals surface area contributed by atoms with Crippen LogP contribution in [0.1, 0.15) is 46.8 Å². The third-order valence-corrected chi connectivity index (χ3v) is 6.78. The summed E-state index contributed by atoms with van der Waals surface area (Å²) in [6, 6.07) is 25.3. The molecular weight excluding hydrogens is 450 g/mol. The summed E-state index contributed by atoms with van der Waals surface area (Å²) in [4.78, 5) is 15.3. The lowest BCUT2D eigenvalue weighted by molar-refractivity contribution is 0.0457. The van der Waals surface area contributed by atoms with Crippen LogP contribution in [-0.4, -0.2) is 47.3 Å². The normalized spacial score (nSPS) is 16.9. The van der Waals surface area contributed by atoms with E-state index in [0.29, 0.717) is 17.5 Å². The number of rotatable bonds is 9. The van der Waals surface area contributed by atoms with Gasteiger partial charge in [-0.15, -0.1) is 0 Å². The van der Waals surface area contributed by atoms with Crippen LogP contribution >= 0.6 is 0 Å². The molecule has 2 atom stereocenters. The minimum absolute atomic E-state index is 0.00912. The molecule has 3 aromatic carbocycles. The number of benzene rings is 3. The van der Waals surface area contributed by atoms with Crippen LogP contribution < -0.4 is 5.73 Å². The van der Waals surface area contributed by atoms with Gasteiger partial charge in [0.05, 0.1) is 37.0 Å². The zero-order chi connectivity index (χ0) is 25.5. The zero-order valence-electron chi connectivity index (χ0n) is 20.7. The fourth-order valence-electron chi connectivity index (χ4n) is 4.81. The number of nitriles is 1. The molecule has 186 valence electrons. The fraction of sp³-hybridized carbons (Fsp3) is 0.333. The number of nitrogens with zero attached hydrogens (tertiary/aromatic N) is 2. The number of aliphatic hydroxyl groups is 1. The lowest BCUT2D eigenvalue weighted by atomic mass is 9.93. The largest absolute Gasteiger partial charge is 0.394 e. The molecule has 0 spiro atoms. The number of hydrogen-bond donors (Lipinski definition) is 2. The molecule has 1 aliphatic rings. The Kier molecular flexibility index (Phi) is 8.17. The van der Waals surface area contributed by atoms with E-state index in [9.17, 15) is 15.2 Å². The third kappa shape index (κ3) is 6.00. The summed E-state index contributed by atoms with van der Waals surface area (Å²) in [5.41, 5.74) is 10.1. The van der Waals surface area contributed by atoms with Crippen LogP contribution in [-0.2, 0) is 17.8 Å². The summed E-state index contributed by atoms with van der Waals surface area (Å²) < 4.78 is 6.00. The summed E-state index contributed by atoms with van der Waals surface area (Å²) in [6.45, 7) is 2.99. The van der Waals surface area contributed by atoms with Gasteiger partial charge >= 0.3 is 0 Å². The average Bonchev–Trinajstić information content (AvgIpc) is 3.34. The first-order valence-electron chi connectivity index (χ1n) is 12.4. The van der Waals surface area contributed by atoms with E-state index in [-0.39, 0.29) is 31.8 Å². The van der Waals surface area contributed by atoms with Crippen LogP contribution in [0.3, 0.4) is 0 Å². The van der Waals surface area contributed by atoms with E-state index < -0.39 is 5.54 Å². The molecule has 0 radical (unpaired) electrons. The molecule has 0 bridgehead atoms. The average molecular weight is 484 g/mol. The van der Waals surface area contributed by atoms with Crippen molar-refractivity contribution in [1.29, 1.82) is 5.26 Å². The molecule has 1 saturated heterocycles. The molecule has 0 aliphatic carbocycles. The van der Waals surface area contributed by atoms with Crippen molar-refractivity contribution < 1.29 is 14.6 Å². The van der Waals surface area contributed by atoms with Gasteiger partial charge in [-0.25, -0.2) is 0 Å². The molecule has 0 saturated carbocycles. The maximum atomic E-state index is 13.4. The topological polar surface area (TPSA) is 99.6 Å². The number of carbonyl (C=O) groups is 1. The number of ether oxygens (including phenoxy) is 1. The number of amides is 1. The van der Waals surface area contributed by atoms with Crippen molar-refractivity contribution in [2.24, 2.45) is 5.73 Å². The minimum Gasteiger partial charge on any atom is -0.394 e. The molecule has 0 aromatic heterocycles. The predicted octanol–water partition coefficient (Wildman–Crippen LogP) is 4.30. The second-order valence-electron chi connectivity index (χ2n) is 9.74. The molecule has 1 heterocycles. The van der Waals surface area contributed by atoms with Gasteiger partial charge in [0, 0.05) is 18.2 Å². The second-order valence-corrected chi connectivity index (χ2v) is 9.74. The Morgan fingerprint density at radius 3 is 2.58 bits per heavy atom. The van der Waals surface area contributed by atoms with E-state index >= 15 is 0 Å². The van der Waals surface area contributed by atoms with E-state index in [4.69, 9.17) is 10.5 Å². The van der Waals surface area contributed by atoms with Gasteiger partial charge in [-0.1, -0.05) is 48.5 Å². The maximum Gasteiger partial charge on any atom is 0.254 e. The van der Waals surface area contributed by atoms with Gasteiger partial charge in [0.15, 0.2) is 0 Å². The van der Waals surface area contributed by atoms with Crippen molar-refractivity contribution in [2.75, 3.05) is 19.8 Å². The van der Waals surface area contributed by atoms with E-state index in [1.165, 1.54) is 0 Å². The molecule has 3 N–H and O–H groups in total. The van der Waals surface area contributed by atoms with Crippen molar-refractivity contribution in [3.05, 3.63) is 95.1 Å². The molecule has 1 aliphatic heterocycles. The molecule has 6 nitrogen and oxygen atoms in total. The van der Waals surface area contributed by atoms with Crippen LogP contribution in [0.5, 0.6) is 0 Å². The van der Waals surface area contributed by atoms with Crippen LogP contribution in [0.25, 0.3) is 11.1 Å². The highest BCUT2D eigenvalue weighted by molar-refractivity contribution is 5.96. The van der Waals surface area contributed by atoms with E-state index in [0.717, 1.165) is 41.6 Å². The van der Waals surface area contributed by atoms with Gasteiger partial charge in [-0.3, -0.25) is 4.79 Å². The van der Waals surface area contributed by atoms with Gasteiger partial charge in [-0.05, 0) is 72.7 Å². The minimum atomic E-state index is -0.921.